The van der Waals surface area contributed by atoms with Gasteiger partial charge in [0.05, 0.1) is 11.1 Å². The number of imide groups is 2. The normalized spacial score (nSPS) is 22.0. The van der Waals surface area contributed by atoms with Crippen LogP contribution in [0.25, 0.3) is 0 Å². The SMILES string of the molecule is O=C1CCC(N2C(=O)c3ccc(N4CCC(CN5CCN(C(=O)C(F)(F)c6ccc(Cl)cc6)CC5)CC4)cc3C2=O)C(=O)N1. The topological polar surface area (TPSA) is 110 Å². The highest BCUT2D eigenvalue weighted by Crippen LogP contribution is 2.34. The average molecular weight is 628 g/mol. The Labute approximate surface area is 257 Å². The second-order valence-electron chi connectivity index (χ2n) is 11.8. The number of fused-ring (bicyclic) bond motifs is 1. The second-order valence-corrected chi connectivity index (χ2v) is 12.2. The molecule has 44 heavy (non-hydrogen) atoms. The fourth-order valence-corrected chi connectivity index (χ4v) is 6.64. The van der Waals surface area contributed by atoms with Crippen LogP contribution in [0.2, 0.25) is 5.02 Å². The zero-order valence-electron chi connectivity index (χ0n) is 23.9. The van der Waals surface area contributed by atoms with Gasteiger partial charge in [-0.05, 0) is 55.5 Å². The molecule has 6 rings (SSSR count). The fourth-order valence-electron chi connectivity index (χ4n) is 6.51. The van der Waals surface area contributed by atoms with Crippen molar-refractivity contribution in [2.24, 2.45) is 5.92 Å². The Balaban J connectivity index is 1.00. The van der Waals surface area contributed by atoms with E-state index in [9.17, 15) is 32.8 Å². The third kappa shape index (κ3) is 5.68. The van der Waals surface area contributed by atoms with Crippen molar-refractivity contribution in [3.63, 3.8) is 0 Å². The van der Waals surface area contributed by atoms with Crippen LogP contribution in [-0.4, -0.2) is 96.1 Å². The quantitative estimate of drug-likeness (QED) is 0.491. The molecule has 232 valence electrons. The van der Waals surface area contributed by atoms with Gasteiger partial charge < -0.3 is 9.80 Å². The molecule has 10 nitrogen and oxygen atoms in total. The maximum Gasteiger partial charge on any atom is 0.349 e. The van der Waals surface area contributed by atoms with E-state index in [1.54, 1.807) is 12.1 Å². The Morgan fingerprint density at radius 2 is 1.52 bits per heavy atom. The molecular formula is C31H32ClF2N5O5. The van der Waals surface area contributed by atoms with Crippen LogP contribution in [-0.2, 0) is 20.3 Å². The van der Waals surface area contributed by atoms with E-state index in [4.69, 9.17) is 11.6 Å². The smallest absolute Gasteiger partial charge is 0.349 e. The van der Waals surface area contributed by atoms with Crippen LogP contribution >= 0.6 is 11.6 Å². The monoisotopic (exact) mass is 627 g/mol. The van der Waals surface area contributed by atoms with E-state index >= 15 is 0 Å². The summed E-state index contributed by atoms with van der Waals surface area (Å²) in [6.45, 7) is 3.81. The van der Waals surface area contributed by atoms with Gasteiger partial charge in [0, 0.05) is 68.5 Å². The molecule has 4 heterocycles. The standard InChI is InChI=1S/C31H32ClF2N5O5/c32-21-3-1-20(2-4-21)31(33,34)30(44)38-15-13-36(14-16-38)18-19-9-11-37(12-10-19)22-5-6-23-24(17-22)29(43)39(28(23)42)25-7-8-26(40)35-27(25)41/h1-6,17,19,25H,7-16,18H2,(H,35,40,41). The van der Waals surface area contributed by atoms with Gasteiger partial charge in [-0.25, -0.2) is 0 Å². The number of amides is 5. The molecule has 0 saturated carbocycles. The minimum absolute atomic E-state index is 0.0675. The highest BCUT2D eigenvalue weighted by atomic mass is 35.5. The molecule has 0 bridgehead atoms. The van der Waals surface area contributed by atoms with Crippen LogP contribution in [0.3, 0.4) is 0 Å². The van der Waals surface area contributed by atoms with Crippen molar-refractivity contribution in [3.8, 4) is 0 Å². The van der Waals surface area contributed by atoms with E-state index in [-0.39, 0.29) is 42.6 Å². The number of piperidine rings is 2. The predicted octanol–water partition coefficient (Wildman–Crippen LogP) is 2.89. The van der Waals surface area contributed by atoms with Crippen LogP contribution < -0.4 is 10.2 Å². The van der Waals surface area contributed by atoms with Crippen molar-refractivity contribution in [1.29, 1.82) is 0 Å². The van der Waals surface area contributed by atoms with E-state index < -0.39 is 41.5 Å². The highest BCUT2D eigenvalue weighted by molar-refractivity contribution is 6.30. The summed E-state index contributed by atoms with van der Waals surface area (Å²) in [6, 6.07) is 9.21. The second kappa shape index (κ2) is 11.9. The number of piperazine rings is 1. The van der Waals surface area contributed by atoms with Gasteiger partial charge in [-0.1, -0.05) is 23.7 Å². The number of rotatable bonds is 6. The van der Waals surface area contributed by atoms with Gasteiger partial charge >= 0.3 is 5.92 Å². The summed E-state index contributed by atoms with van der Waals surface area (Å²) in [5, 5.41) is 2.53. The fraction of sp³-hybridized carbons (Fsp3) is 0.452. The molecule has 5 amide bonds. The summed E-state index contributed by atoms with van der Waals surface area (Å²) < 4.78 is 29.7. The molecule has 0 spiro atoms. The van der Waals surface area contributed by atoms with E-state index in [1.165, 1.54) is 29.2 Å². The summed E-state index contributed by atoms with van der Waals surface area (Å²) in [4.78, 5) is 69.3. The number of hydrogen-bond acceptors (Lipinski definition) is 7. The lowest BCUT2D eigenvalue weighted by Gasteiger charge is -2.40. The molecule has 1 N–H and O–H groups in total. The van der Waals surface area contributed by atoms with Crippen molar-refractivity contribution in [2.75, 3.05) is 50.7 Å². The molecule has 0 radical (unpaired) electrons. The highest BCUT2D eigenvalue weighted by Gasteiger charge is 2.46. The summed E-state index contributed by atoms with van der Waals surface area (Å²) in [6.07, 6.45) is 1.95. The van der Waals surface area contributed by atoms with Gasteiger partial charge in [0.15, 0.2) is 0 Å². The Kier molecular flexibility index (Phi) is 8.14. The van der Waals surface area contributed by atoms with E-state index in [1.807, 2.05) is 6.07 Å². The van der Waals surface area contributed by atoms with Gasteiger partial charge in [0.2, 0.25) is 11.8 Å². The van der Waals surface area contributed by atoms with Crippen molar-refractivity contribution in [1.82, 2.24) is 20.0 Å². The van der Waals surface area contributed by atoms with Crippen LogP contribution in [0.15, 0.2) is 42.5 Å². The maximum atomic E-state index is 14.8. The number of carbonyl (C=O) groups excluding carboxylic acids is 5. The molecule has 1 unspecified atom stereocenters. The minimum Gasteiger partial charge on any atom is -0.371 e. The minimum atomic E-state index is -3.61. The van der Waals surface area contributed by atoms with Crippen LogP contribution in [0.1, 0.15) is 52.0 Å². The maximum absolute atomic E-state index is 14.8. The van der Waals surface area contributed by atoms with Crippen LogP contribution in [0, 0.1) is 5.92 Å². The predicted molar refractivity (Wildman–Crippen MR) is 156 cm³/mol. The number of nitrogens with one attached hydrogen (secondary N) is 1. The first-order valence-electron chi connectivity index (χ1n) is 14.8. The van der Waals surface area contributed by atoms with E-state index in [0.29, 0.717) is 24.0 Å². The number of anilines is 1. The molecule has 1 atom stereocenters. The Bertz CT molecular complexity index is 1500. The first-order chi connectivity index (χ1) is 21.0. The molecule has 4 aliphatic rings. The summed E-state index contributed by atoms with van der Waals surface area (Å²) in [5.41, 5.74) is 0.963. The molecule has 13 heteroatoms. The molecule has 3 saturated heterocycles. The molecular weight excluding hydrogens is 596 g/mol. The third-order valence-corrected chi connectivity index (χ3v) is 9.31. The van der Waals surface area contributed by atoms with Crippen molar-refractivity contribution < 1.29 is 32.8 Å². The van der Waals surface area contributed by atoms with Crippen LogP contribution in [0.4, 0.5) is 14.5 Å². The zero-order chi connectivity index (χ0) is 31.2. The largest absolute Gasteiger partial charge is 0.371 e. The Hall–Kier alpha value is -3.90. The van der Waals surface area contributed by atoms with Gasteiger partial charge in [0.1, 0.15) is 6.04 Å². The molecule has 0 aromatic heterocycles. The lowest BCUT2D eigenvalue weighted by Crippen LogP contribution is -2.54. The summed E-state index contributed by atoms with van der Waals surface area (Å²) in [7, 11) is 0. The van der Waals surface area contributed by atoms with Crippen molar-refractivity contribution in [3.05, 3.63) is 64.2 Å². The number of benzene rings is 2. The Morgan fingerprint density at radius 1 is 0.864 bits per heavy atom. The number of alkyl halides is 2. The Morgan fingerprint density at radius 3 is 2.18 bits per heavy atom. The van der Waals surface area contributed by atoms with Gasteiger partial charge in [0.25, 0.3) is 17.7 Å². The first-order valence-corrected chi connectivity index (χ1v) is 15.2. The molecule has 2 aromatic rings. The molecule has 0 aliphatic carbocycles. The van der Waals surface area contributed by atoms with E-state index in [0.717, 1.165) is 43.1 Å². The molecule has 2 aromatic carbocycles. The average Bonchev–Trinajstić information content (AvgIpc) is 3.26. The molecule has 4 aliphatic heterocycles. The van der Waals surface area contributed by atoms with E-state index in [2.05, 4.69) is 15.1 Å². The zero-order valence-corrected chi connectivity index (χ0v) is 24.7. The number of hydrogen-bond donors (Lipinski definition) is 1. The third-order valence-electron chi connectivity index (χ3n) is 9.05. The lowest BCUT2D eigenvalue weighted by molar-refractivity contribution is -0.161. The number of carbonyl (C=O) groups is 5. The first kappa shape index (κ1) is 30.1. The van der Waals surface area contributed by atoms with Gasteiger partial charge in [-0.2, -0.15) is 8.78 Å². The van der Waals surface area contributed by atoms with Crippen molar-refractivity contribution >= 4 is 46.8 Å². The van der Waals surface area contributed by atoms with Crippen molar-refractivity contribution in [2.45, 2.75) is 37.6 Å². The van der Waals surface area contributed by atoms with Gasteiger partial charge in [-0.3, -0.25) is 39.1 Å². The number of halogens is 3. The molecule has 3 fully saturated rings. The summed E-state index contributed by atoms with van der Waals surface area (Å²) >= 11 is 5.80. The van der Waals surface area contributed by atoms with Crippen LogP contribution in [0.5, 0.6) is 0 Å². The summed E-state index contributed by atoms with van der Waals surface area (Å²) in [5.74, 6) is -6.52. The van der Waals surface area contributed by atoms with Gasteiger partial charge in [-0.15, -0.1) is 0 Å². The lowest BCUT2D eigenvalue weighted by atomic mass is 9.95. The number of nitrogens with zero attached hydrogens (tertiary/aromatic N) is 4.